The van der Waals surface area contributed by atoms with Gasteiger partial charge in [0, 0.05) is 12.6 Å². The Hall–Kier alpha value is -3.28. The Balaban J connectivity index is 1.76. The summed E-state index contributed by atoms with van der Waals surface area (Å²) in [6.45, 7) is 1.28. The predicted octanol–water partition coefficient (Wildman–Crippen LogP) is -0.844. The first-order valence-corrected chi connectivity index (χ1v) is 13.6. The first-order valence-electron chi connectivity index (χ1n) is 10.5. The quantitative estimate of drug-likeness (QED) is 0.178. The van der Waals surface area contributed by atoms with Gasteiger partial charge in [-0.3, -0.25) is 0 Å². The van der Waals surface area contributed by atoms with Gasteiger partial charge in [0.1, 0.15) is 15.6 Å². The van der Waals surface area contributed by atoms with E-state index in [2.05, 4.69) is 40.6 Å². The number of imidazole rings is 1. The van der Waals surface area contributed by atoms with Gasteiger partial charge in [-0.1, -0.05) is 12.1 Å². The molecule has 2 aromatic heterocycles. The normalized spacial score (nSPS) is 16.8. The third-order valence-corrected chi connectivity index (χ3v) is 8.37. The number of aromatic nitrogens is 6. The predicted molar refractivity (Wildman–Crippen MR) is 126 cm³/mol. The molecule has 0 radical (unpaired) electrons. The van der Waals surface area contributed by atoms with E-state index in [1.165, 1.54) is 12.1 Å². The number of primary sulfonamides is 1. The van der Waals surface area contributed by atoms with E-state index in [1.54, 1.807) is 18.2 Å². The third-order valence-electron chi connectivity index (χ3n) is 5.68. The fourth-order valence-corrected chi connectivity index (χ4v) is 7.02. The van der Waals surface area contributed by atoms with Crippen molar-refractivity contribution in [1.29, 1.82) is 0 Å². The zero-order valence-electron chi connectivity index (χ0n) is 18.2. The molecule has 3 heterocycles. The van der Waals surface area contributed by atoms with Crippen LogP contribution in [0.1, 0.15) is 12.2 Å². The molecule has 0 amide bonds. The highest BCUT2D eigenvalue weighted by Crippen LogP contribution is 2.39. The fraction of sp³-hybridized carbons (Fsp3) is 0.263. The molecule has 16 heteroatoms. The topological polar surface area (TPSA) is 228 Å². The Labute approximate surface area is 200 Å². The van der Waals surface area contributed by atoms with Crippen LogP contribution in [-0.2, 0) is 26.6 Å². The van der Waals surface area contributed by atoms with Crippen molar-refractivity contribution in [3.05, 3.63) is 36.2 Å². The van der Waals surface area contributed by atoms with E-state index in [0.717, 1.165) is 5.52 Å². The number of rotatable bonds is 7. The van der Waals surface area contributed by atoms with Crippen molar-refractivity contribution in [2.24, 2.45) is 10.9 Å². The smallest absolute Gasteiger partial charge is 0.242 e. The highest BCUT2D eigenvalue weighted by molar-refractivity contribution is 7.92. The fourth-order valence-electron chi connectivity index (χ4n) is 4.15. The highest BCUT2D eigenvalue weighted by Gasteiger charge is 2.33. The monoisotopic (exact) mass is 518 g/mol. The van der Waals surface area contributed by atoms with Crippen LogP contribution in [0.15, 0.2) is 40.1 Å². The van der Waals surface area contributed by atoms with Crippen LogP contribution in [-0.4, -0.2) is 66.6 Å². The van der Waals surface area contributed by atoms with E-state index in [1.807, 2.05) is 0 Å². The summed E-state index contributed by atoms with van der Waals surface area (Å²) in [6.07, 6.45) is 0.564. The Bertz CT molecular complexity index is 1610. The van der Waals surface area contributed by atoms with E-state index in [9.17, 15) is 16.8 Å². The van der Waals surface area contributed by atoms with Crippen LogP contribution in [0, 0.1) is 0 Å². The van der Waals surface area contributed by atoms with Crippen molar-refractivity contribution in [3.63, 3.8) is 0 Å². The summed E-state index contributed by atoms with van der Waals surface area (Å²) in [4.78, 5) is 6.37. The maximum absolute atomic E-state index is 13.3. The molecule has 1 saturated heterocycles. The lowest BCUT2D eigenvalue weighted by molar-refractivity contribution is 0.555. The number of aromatic amines is 2. The molecule has 5 rings (SSSR count). The molecule has 1 fully saturated rings. The Kier molecular flexibility index (Phi) is 5.86. The minimum Gasteiger partial charge on any atom is -0.341 e. The summed E-state index contributed by atoms with van der Waals surface area (Å²) in [7, 11) is -8.85. The molecule has 35 heavy (non-hydrogen) atoms. The molecule has 0 bridgehead atoms. The van der Waals surface area contributed by atoms with Crippen LogP contribution in [0.2, 0.25) is 0 Å². The van der Waals surface area contributed by atoms with Gasteiger partial charge in [-0.05, 0) is 47.5 Å². The number of nitrogens with one attached hydrogen (secondary N) is 4. The number of hydrogen-bond acceptors (Lipinski definition) is 10. The van der Waals surface area contributed by atoms with Crippen molar-refractivity contribution >= 4 is 31.1 Å². The van der Waals surface area contributed by atoms with Gasteiger partial charge in [-0.2, -0.15) is 5.21 Å². The first-order chi connectivity index (χ1) is 16.7. The van der Waals surface area contributed by atoms with Crippen LogP contribution in [0.4, 0.5) is 0 Å². The number of benzene rings is 2. The van der Waals surface area contributed by atoms with Gasteiger partial charge in [0.25, 0.3) is 0 Å². The molecule has 184 valence electrons. The Morgan fingerprint density at radius 3 is 2.63 bits per heavy atom. The molecule has 14 nitrogen and oxygen atoms in total. The summed E-state index contributed by atoms with van der Waals surface area (Å²) < 4.78 is 54.8. The number of tetrazole rings is 1. The second-order valence-electron chi connectivity index (χ2n) is 8.03. The SMILES string of the molecule is NCc1nc2cc(-c3ccc(S(=O)(=O)NC4CCNC4)c(S(N)(=O)=O)c3-c3nn[nH]n3)ccc2[nH]1. The Morgan fingerprint density at radius 1 is 1.14 bits per heavy atom. The number of sulfonamides is 2. The number of nitrogens with two attached hydrogens (primary N) is 2. The van der Waals surface area contributed by atoms with Crippen LogP contribution in [0.25, 0.3) is 33.5 Å². The largest absolute Gasteiger partial charge is 0.341 e. The van der Waals surface area contributed by atoms with Crippen molar-refractivity contribution in [3.8, 4) is 22.5 Å². The van der Waals surface area contributed by atoms with Crippen molar-refractivity contribution in [2.75, 3.05) is 13.1 Å². The van der Waals surface area contributed by atoms with E-state index < -0.39 is 29.8 Å². The van der Waals surface area contributed by atoms with Crippen LogP contribution < -0.4 is 20.9 Å². The number of H-pyrrole nitrogens is 2. The molecule has 2 aromatic carbocycles. The van der Waals surface area contributed by atoms with Crippen molar-refractivity contribution in [1.82, 2.24) is 40.6 Å². The van der Waals surface area contributed by atoms with Gasteiger partial charge in [0.15, 0.2) is 0 Å². The molecule has 1 aliphatic heterocycles. The molecule has 1 aliphatic rings. The molecule has 0 saturated carbocycles. The van der Waals surface area contributed by atoms with Gasteiger partial charge >= 0.3 is 0 Å². The molecule has 0 spiro atoms. The second kappa shape index (κ2) is 8.74. The third kappa shape index (κ3) is 4.42. The lowest BCUT2D eigenvalue weighted by Gasteiger charge is -2.18. The molecule has 0 aliphatic carbocycles. The van der Waals surface area contributed by atoms with E-state index >= 15 is 0 Å². The zero-order chi connectivity index (χ0) is 24.8. The van der Waals surface area contributed by atoms with Gasteiger partial charge < -0.3 is 16.0 Å². The maximum atomic E-state index is 13.3. The van der Waals surface area contributed by atoms with Gasteiger partial charge in [-0.15, -0.1) is 10.2 Å². The van der Waals surface area contributed by atoms with Gasteiger partial charge in [0.2, 0.25) is 25.9 Å². The highest BCUT2D eigenvalue weighted by atomic mass is 32.2. The average Bonchev–Trinajstić information content (AvgIpc) is 3.58. The molecule has 8 N–H and O–H groups in total. The molecular weight excluding hydrogens is 496 g/mol. The summed E-state index contributed by atoms with van der Waals surface area (Å²) >= 11 is 0. The average molecular weight is 519 g/mol. The van der Waals surface area contributed by atoms with Gasteiger partial charge in [0.05, 0.1) is 23.1 Å². The van der Waals surface area contributed by atoms with Crippen LogP contribution in [0.3, 0.4) is 0 Å². The maximum Gasteiger partial charge on any atom is 0.242 e. The molecule has 1 atom stereocenters. The summed E-state index contributed by atoms with van der Waals surface area (Å²) in [6, 6.07) is 7.51. The van der Waals surface area contributed by atoms with E-state index in [0.29, 0.717) is 42.0 Å². The lowest BCUT2D eigenvalue weighted by atomic mass is 9.98. The van der Waals surface area contributed by atoms with E-state index in [-0.39, 0.29) is 24.0 Å². The minimum absolute atomic E-state index is 0.0948. The first kappa shape index (κ1) is 23.5. The second-order valence-corrected chi connectivity index (χ2v) is 11.2. The van der Waals surface area contributed by atoms with Crippen LogP contribution in [0.5, 0.6) is 0 Å². The van der Waals surface area contributed by atoms with Crippen LogP contribution >= 0.6 is 0 Å². The Morgan fingerprint density at radius 2 is 1.97 bits per heavy atom. The van der Waals surface area contributed by atoms with Crippen molar-refractivity contribution in [2.45, 2.75) is 28.8 Å². The summed E-state index contributed by atoms with van der Waals surface area (Å²) in [5.41, 5.74) is 7.76. The number of fused-ring (bicyclic) bond motifs is 1. The number of nitrogens with zero attached hydrogens (tertiary/aromatic N) is 4. The van der Waals surface area contributed by atoms with Crippen molar-refractivity contribution < 1.29 is 16.8 Å². The molecular formula is C19H22N10O4S2. The minimum atomic E-state index is -4.57. The molecule has 4 aromatic rings. The standard InChI is InChI=1S/C19H22N10O4S2/c20-8-16-23-13-3-1-10(7-14(13)24-16)12-2-4-15(35(32,33)27-11-5-6-22-9-11)18(34(21,30)31)17(12)19-25-28-29-26-19/h1-4,7,11,22,27H,5-6,8-9,20H2,(H,23,24)(H2,21,30,31)(H,25,26,28,29). The van der Waals surface area contributed by atoms with E-state index in [4.69, 9.17) is 10.9 Å². The number of hydrogen-bond donors (Lipinski definition) is 6. The summed E-state index contributed by atoms with van der Waals surface area (Å²) in [5, 5.41) is 22.3. The van der Waals surface area contributed by atoms with Gasteiger partial charge in [-0.25, -0.2) is 31.7 Å². The summed E-state index contributed by atoms with van der Waals surface area (Å²) in [5.74, 6) is 0.447. The zero-order valence-corrected chi connectivity index (χ0v) is 19.8. The lowest BCUT2D eigenvalue weighted by Crippen LogP contribution is -2.37. The molecule has 1 unspecified atom stereocenters.